The summed E-state index contributed by atoms with van der Waals surface area (Å²) in [5, 5.41) is 3.21. The molecule has 0 atom stereocenters. The lowest BCUT2D eigenvalue weighted by molar-refractivity contribution is -0.118. The van der Waals surface area contributed by atoms with Crippen molar-refractivity contribution >= 4 is 29.0 Å². The number of nitrogens with one attached hydrogen (secondary N) is 1. The molecule has 176 valence electrons. The molecule has 9 nitrogen and oxygen atoms in total. The maximum Gasteiger partial charge on any atom is 0.274 e. The first kappa shape index (κ1) is 23.3. The predicted octanol–water partition coefficient (Wildman–Crippen LogP) is 4.03. The summed E-state index contributed by atoms with van der Waals surface area (Å²) in [5.41, 5.74) is 1.65. The molecule has 10 heteroatoms. The quantitative estimate of drug-likeness (QED) is 0.408. The highest BCUT2D eigenvalue weighted by molar-refractivity contribution is 6.32. The van der Waals surface area contributed by atoms with E-state index in [0.29, 0.717) is 33.7 Å². The van der Waals surface area contributed by atoms with E-state index in [1.807, 2.05) is 26.8 Å². The Morgan fingerprint density at radius 2 is 1.91 bits per heavy atom. The molecule has 34 heavy (non-hydrogen) atoms. The van der Waals surface area contributed by atoms with E-state index in [1.54, 1.807) is 47.4 Å². The van der Waals surface area contributed by atoms with Gasteiger partial charge in [-0.25, -0.2) is 4.98 Å². The molecule has 0 saturated heterocycles. The smallest absolute Gasteiger partial charge is 0.274 e. The molecule has 4 rings (SSSR count). The zero-order valence-electron chi connectivity index (χ0n) is 19.0. The van der Waals surface area contributed by atoms with Crippen molar-refractivity contribution in [3.8, 4) is 11.5 Å². The monoisotopic (exact) mass is 481 g/mol. The Morgan fingerprint density at radius 3 is 2.68 bits per heavy atom. The molecular formula is C24H24ClN5O4. The highest BCUT2D eigenvalue weighted by Gasteiger charge is 2.12. The number of benzene rings is 2. The van der Waals surface area contributed by atoms with Crippen LogP contribution >= 0.6 is 11.6 Å². The predicted molar refractivity (Wildman–Crippen MR) is 129 cm³/mol. The Kier molecular flexibility index (Phi) is 6.83. The van der Waals surface area contributed by atoms with Gasteiger partial charge in [0.1, 0.15) is 24.4 Å². The largest absolute Gasteiger partial charge is 0.487 e. The lowest BCUT2D eigenvalue weighted by Crippen LogP contribution is -2.23. The maximum atomic E-state index is 12.6. The lowest BCUT2D eigenvalue weighted by atomic mass is 10.2. The topological polar surface area (TPSA) is 99.7 Å². The van der Waals surface area contributed by atoms with Crippen LogP contribution in [0.15, 0.2) is 59.7 Å². The average molecular weight is 482 g/mol. The Bertz CT molecular complexity index is 1400. The van der Waals surface area contributed by atoms with E-state index in [0.717, 1.165) is 5.56 Å². The number of rotatable bonds is 8. The summed E-state index contributed by atoms with van der Waals surface area (Å²) >= 11 is 6.04. The molecule has 2 aromatic heterocycles. The number of aryl methyl sites for hydroxylation is 1. The number of hydrogen-bond donors (Lipinski definition) is 1. The van der Waals surface area contributed by atoms with Gasteiger partial charge in [0, 0.05) is 23.9 Å². The fourth-order valence-electron chi connectivity index (χ4n) is 3.30. The van der Waals surface area contributed by atoms with Crippen LogP contribution in [0.3, 0.4) is 0 Å². The molecular weight excluding hydrogens is 458 g/mol. The number of carbonyl (C=O) groups excluding carboxylic acids is 1. The first-order valence-electron chi connectivity index (χ1n) is 10.7. The summed E-state index contributed by atoms with van der Waals surface area (Å²) in [6, 6.07) is 13.8. The van der Waals surface area contributed by atoms with Crippen molar-refractivity contribution in [3.63, 3.8) is 0 Å². The van der Waals surface area contributed by atoms with Crippen molar-refractivity contribution in [1.29, 1.82) is 0 Å². The van der Waals surface area contributed by atoms with Gasteiger partial charge in [-0.1, -0.05) is 29.8 Å². The second kappa shape index (κ2) is 9.96. The third-order valence-corrected chi connectivity index (χ3v) is 5.34. The lowest BCUT2D eigenvalue weighted by Gasteiger charge is -2.13. The fraction of sp³-hybridized carbons (Fsp3) is 0.250. The zero-order valence-corrected chi connectivity index (χ0v) is 19.7. The summed E-state index contributed by atoms with van der Waals surface area (Å²) in [4.78, 5) is 33.5. The number of anilines is 1. The van der Waals surface area contributed by atoms with Gasteiger partial charge in [0.2, 0.25) is 0 Å². The van der Waals surface area contributed by atoms with E-state index in [4.69, 9.17) is 21.1 Å². The third-order valence-electron chi connectivity index (χ3n) is 5.03. The number of hydrogen-bond acceptors (Lipinski definition) is 6. The summed E-state index contributed by atoms with van der Waals surface area (Å²) in [6.07, 6.45) is 1.59. The van der Waals surface area contributed by atoms with Crippen LogP contribution in [0, 0.1) is 6.92 Å². The number of fused-ring (bicyclic) bond motifs is 1. The summed E-state index contributed by atoms with van der Waals surface area (Å²) in [7, 11) is 0. The van der Waals surface area contributed by atoms with Crippen molar-refractivity contribution in [2.75, 3.05) is 11.9 Å². The van der Waals surface area contributed by atoms with Crippen molar-refractivity contribution < 1.29 is 14.3 Å². The standard InChI is InChI=1S/C24H24ClN5O4/c1-15(2)29-14-26-24-28-18(11-23(32)30(24)29)12-33-21-10-17(9-8-16(21)3)27-22(31)13-34-20-7-5-4-6-19(20)25/h4-11,14-15H,12-13H2,1-3H3,(H,27,31). The molecule has 2 aromatic carbocycles. The molecule has 0 radical (unpaired) electrons. The molecule has 0 aliphatic rings. The van der Waals surface area contributed by atoms with Gasteiger partial charge < -0.3 is 14.8 Å². The highest BCUT2D eigenvalue weighted by Crippen LogP contribution is 2.25. The Morgan fingerprint density at radius 1 is 1.12 bits per heavy atom. The van der Waals surface area contributed by atoms with Gasteiger partial charge >= 0.3 is 0 Å². The molecule has 4 aromatic rings. The minimum Gasteiger partial charge on any atom is -0.487 e. The minimum absolute atomic E-state index is 0.0716. The van der Waals surface area contributed by atoms with Crippen molar-refractivity contribution in [2.24, 2.45) is 0 Å². The number of ether oxygens (including phenoxy) is 2. The summed E-state index contributed by atoms with van der Waals surface area (Å²) in [5.74, 6) is 0.969. The highest BCUT2D eigenvalue weighted by atomic mass is 35.5. The van der Waals surface area contributed by atoms with Gasteiger partial charge in [0.25, 0.3) is 17.2 Å². The number of aromatic nitrogens is 4. The van der Waals surface area contributed by atoms with E-state index in [2.05, 4.69) is 15.3 Å². The second-order valence-electron chi connectivity index (χ2n) is 7.95. The Hall–Kier alpha value is -3.85. The SMILES string of the molecule is Cc1ccc(NC(=O)COc2ccccc2Cl)cc1OCc1cc(=O)n2c(ncn2C(C)C)n1. The van der Waals surface area contributed by atoms with Crippen LogP contribution in [-0.2, 0) is 11.4 Å². The van der Waals surface area contributed by atoms with Gasteiger partial charge in [-0.2, -0.15) is 9.50 Å². The maximum absolute atomic E-state index is 12.6. The zero-order chi connectivity index (χ0) is 24.2. The van der Waals surface area contributed by atoms with Gasteiger partial charge in [0.15, 0.2) is 6.61 Å². The fourth-order valence-corrected chi connectivity index (χ4v) is 3.49. The van der Waals surface area contributed by atoms with Crippen molar-refractivity contribution in [1.82, 2.24) is 19.2 Å². The first-order valence-corrected chi connectivity index (χ1v) is 11.1. The molecule has 1 amide bonds. The van der Waals surface area contributed by atoms with Crippen LogP contribution in [0.25, 0.3) is 5.78 Å². The van der Waals surface area contributed by atoms with Crippen LogP contribution < -0.4 is 20.3 Å². The molecule has 0 unspecified atom stereocenters. The van der Waals surface area contributed by atoms with Crippen LogP contribution in [0.2, 0.25) is 5.02 Å². The van der Waals surface area contributed by atoms with Crippen LogP contribution in [0.1, 0.15) is 31.1 Å². The van der Waals surface area contributed by atoms with Crippen molar-refractivity contribution in [3.05, 3.63) is 81.5 Å². The van der Waals surface area contributed by atoms with Gasteiger partial charge in [-0.05, 0) is 44.5 Å². The Labute approximate surface area is 200 Å². The van der Waals surface area contributed by atoms with Crippen molar-refractivity contribution in [2.45, 2.75) is 33.4 Å². The van der Waals surface area contributed by atoms with E-state index >= 15 is 0 Å². The Balaban J connectivity index is 1.42. The molecule has 0 bridgehead atoms. The van der Waals surface area contributed by atoms with Crippen LogP contribution in [0.5, 0.6) is 11.5 Å². The molecule has 0 aliphatic carbocycles. The van der Waals surface area contributed by atoms with Gasteiger partial charge in [-0.15, -0.1) is 0 Å². The first-order chi connectivity index (χ1) is 16.3. The van der Waals surface area contributed by atoms with E-state index in [9.17, 15) is 9.59 Å². The van der Waals surface area contributed by atoms with Gasteiger partial charge in [-0.3, -0.25) is 14.3 Å². The third kappa shape index (κ3) is 5.20. The summed E-state index contributed by atoms with van der Waals surface area (Å²) < 4.78 is 14.5. The van der Waals surface area contributed by atoms with E-state index < -0.39 is 0 Å². The van der Waals surface area contributed by atoms with Crippen LogP contribution in [0.4, 0.5) is 5.69 Å². The molecule has 0 fully saturated rings. The molecule has 0 saturated carbocycles. The number of nitrogens with zero attached hydrogens (tertiary/aromatic N) is 4. The summed E-state index contributed by atoms with van der Waals surface area (Å²) in [6.45, 7) is 5.69. The van der Waals surface area contributed by atoms with E-state index in [-0.39, 0.29) is 30.7 Å². The number of halogens is 1. The molecule has 1 N–H and O–H groups in total. The van der Waals surface area contributed by atoms with Crippen LogP contribution in [-0.4, -0.2) is 31.7 Å². The molecule has 0 aliphatic heterocycles. The average Bonchev–Trinajstić information content (AvgIpc) is 3.24. The number of para-hydroxylation sites is 1. The normalized spacial score (nSPS) is 11.1. The molecule has 0 spiro atoms. The minimum atomic E-state index is -0.337. The van der Waals surface area contributed by atoms with Gasteiger partial charge in [0.05, 0.1) is 10.7 Å². The second-order valence-corrected chi connectivity index (χ2v) is 8.36. The number of carbonyl (C=O) groups is 1. The number of amides is 1. The molecule has 2 heterocycles. The van der Waals surface area contributed by atoms with E-state index in [1.165, 1.54) is 10.6 Å².